The molecular weight excluding hydrogens is 248 g/mol. The first-order valence-electron chi connectivity index (χ1n) is 6.32. The molecule has 0 saturated heterocycles. The van der Waals surface area contributed by atoms with E-state index in [0.29, 0.717) is 11.5 Å². The molecule has 0 unspecified atom stereocenters. The summed E-state index contributed by atoms with van der Waals surface area (Å²) in [5.41, 5.74) is 9.41. The summed E-state index contributed by atoms with van der Waals surface area (Å²) in [6.07, 6.45) is 3.49. The second-order valence-corrected chi connectivity index (χ2v) is 4.36. The minimum absolute atomic E-state index is 0.621. The molecule has 0 aliphatic rings. The fourth-order valence-corrected chi connectivity index (χ4v) is 1.95. The van der Waals surface area contributed by atoms with E-state index in [9.17, 15) is 0 Å². The quantitative estimate of drug-likeness (QED) is 0.758. The van der Waals surface area contributed by atoms with Gasteiger partial charge in [-0.2, -0.15) is 0 Å². The summed E-state index contributed by atoms with van der Waals surface area (Å²) >= 11 is 0. The van der Waals surface area contributed by atoms with Crippen molar-refractivity contribution in [3.63, 3.8) is 0 Å². The fourth-order valence-electron chi connectivity index (χ4n) is 1.95. The Balaban J connectivity index is 1.91. The van der Waals surface area contributed by atoms with Crippen LogP contribution in [-0.4, -0.2) is 9.97 Å². The molecular formula is C16H14N4. The molecule has 3 rings (SSSR count). The summed E-state index contributed by atoms with van der Waals surface area (Å²) in [4.78, 5) is 8.57. The highest BCUT2D eigenvalue weighted by Gasteiger charge is 2.03. The van der Waals surface area contributed by atoms with Gasteiger partial charge < -0.3 is 11.1 Å². The molecule has 0 amide bonds. The number of aromatic nitrogens is 2. The molecule has 0 fully saturated rings. The van der Waals surface area contributed by atoms with Crippen molar-refractivity contribution < 1.29 is 0 Å². The van der Waals surface area contributed by atoms with E-state index in [-0.39, 0.29) is 0 Å². The molecule has 3 N–H and O–H groups in total. The first-order chi connectivity index (χ1) is 9.83. The molecule has 0 aliphatic carbocycles. The monoisotopic (exact) mass is 262 g/mol. The standard InChI is InChI=1S/C16H14N4/c17-14-7-4-10-19-16(14)20-13-6-3-5-12(11-13)15-8-1-2-9-18-15/h1-11H,17H2,(H,19,20). The third-order valence-electron chi connectivity index (χ3n) is 2.92. The van der Waals surface area contributed by atoms with Crippen molar-refractivity contribution >= 4 is 17.2 Å². The topological polar surface area (TPSA) is 63.8 Å². The van der Waals surface area contributed by atoms with E-state index in [2.05, 4.69) is 15.3 Å². The second-order valence-electron chi connectivity index (χ2n) is 4.36. The van der Waals surface area contributed by atoms with Crippen molar-refractivity contribution in [2.45, 2.75) is 0 Å². The highest BCUT2D eigenvalue weighted by Crippen LogP contribution is 2.24. The number of hydrogen-bond acceptors (Lipinski definition) is 4. The minimum Gasteiger partial charge on any atom is -0.396 e. The molecule has 20 heavy (non-hydrogen) atoms. The Bertz CT molecular complexity index is 710. The zero-order valence-corrected chi connectivity index (χ0v) is 10.8. The van der Waals surface area contributed by atoms with Crippen molar-refractivity contribution in [2.75, 3.05) is 11.1 Å². The van der Waals surface area contributed by atoms with E-state index < -0.39 is 0 Å². The lowest BCUT2D eigenvalue weighted by Crippen LogP contribution is -1.98. The van der Waals surface area contributed by atoms with Crippen LogP contribution in [-0.2, 0) is 0 Å². The van der Waals surface area contributed by atoms with Crippen LogP contribution in [0.5, 0.6) is 0 Å². The first-order valence-corrected chi connectivity index (χ1v) is 6.32. The molecule has 1 aromatic carbocycles. The Kier molecular flexibility index (Phi) is 3.29. The van der Waals surface area contributed by atoms with Gasteiger partial charge in [-0.1, -0.05) is 18.2 Å². The molecule has 2 aromatic heterocycles. The van der Waals surface area contributed by atoms with Crippen LogP contribution < -0.4 is 11.1 Å². The molecule has 4 nitrogen and oxygen atoms in total. The predicted octanol–water partition coefficient (Wildman–Crippen LogP) is 3.47. The summed E-state index contributed by atoms with van der Waals surface area (Å²) in [7, 11) is 0. The maximum Gasteiger partial charge on any atom is 0.153 e. The zero-order valence-electron chi connectivity index (χ0n) is 10.8. The van der Waals surface area contributed by atoms with Crippen LogP contribution in [0.3, 0.4) is 0 Å². The summed E-state index contributed by atoms with van der Waals surface area (Å²) in [6.45, 7) is 0. The summed E-state index contributed by atoms with van der Waals surface area (Å²) < 4.78 is 0. The number of anilines is 3. The van der Waals surface area contributed by atoms with Crippen molar-refractivity contribution in [3.8, 4) is 11.3 Å². The van der Waals surface area contributed by atoms with Gasteiger partial charge in [-0.25, -0.2) is 4.98 Å². The smallest absolute Gasteiger partial charge is 0.153 e. The number of benzene rings is 1. The number of rotatable bonds is 3. The molecule has 0 saturated carbocycles. The molecule has 0 radical (unpaired) electrons. The van der Waals surface area contributed by atoms with E-state index in [1.807, 2.05) is 54.6 Å². The lowest BCUT2D eigenvalue weighted by molar-refractivity contribution is 1.30. The van der Waals surface area contributed by atoms with Crippen LogP contribution in [0.15, 0.2) is 67.0 Å². The minimum atomic E-state index is 0.621. The van der Waals surface area contributed by atoms with E-state index in [1.165, 1.54) is 0 Å². The van der Waals surface area contributed by atoms with Gasteiger partial charge in [-0.05, 0) is 36.4 Å². The van der Waals surface area contributed by atoms with Crippen LogP contribution in [0.25, 0.3) is 11.3 Å². The molecule has 98 valence electrons. The fraction of sp³-hybridized carbons (Fsp3) is 0. The zero-order chi connectivity index (χ0) is 13.8. The van der Waals surface area contributed by atoms with Gasteiger partial charge in [0.1, 0.15) is 0 Å². The van der Waals surface area contributed by atoms with Gasteiger partial charge in [-0.15, -0.1) is 0 Å². The van der Waals surface area contributed by atoms with Gasteiger partial charge in [0.05, 0.1) is 11.4 Å². The van der Waals surface area contributed by atoms with Crippen LogP contribution in [0.2, 0.25) is 0 Å². The van der Waals surface area contributed by atoms with Crippen molar-refractivity contribution in [2.24, 2.45) is 0 Å². The maximum absolute atomic E-state index is 5.88. The molecule has 3 aromatic rings. The van der Waals surface area contributed by atoms with Gasteiger partial charge in [-0.3, -0.25) is 4.98 Å². The first kappa shape index (κ1) is 12.2. The maximum atomic E-state index is 5.88. The lowest BCUT2D eigenvalue weighted by atomic mass is 10.1. The Labute approximate surface area is 117 Å². The number of nitrogens with two attached hydrogens (primary N) is 1. The largest absolute Gasteiger partial charge is 0.396 e. The second kappa shape index (κ2) is 5.40. The Morgan fingerprint density at radius 2 is 1.75 bits per heavy atom. The summed E-state index contributed by atoms with van der Waals surface area (Å²) in [5, 5.41) is 3.22. The SMILES string of the molecule is Nc1cccnc1Nc1cccc(-c2ccccn2)c1. The average Bonchev–Trinajstić information content (AvgIpc) is 2.51. The lowest BCUT2D eigenvalue weighted by Gasteiger charge is -2.09. The molecule has 0 aliphatic heterocycles. The Morgan fingerprint density at radius 3 is 2.55 bits per heavy atom. The van der Waals surface area contributed by atoms with Crippen LogP contribution >= 0.6 is 0 Å². The van der Waals surface area contributed by atoms with E-state index in [4.69, 9.17) is 5.73 Å². The average molecular weight is 262 g/mol. The van der Waals surface area contributed by atoms with E-state index >= 15 is 0 Å². The van der Waals surface area contributed by atoms with Gasteiger partial charge >= 0.3 is 0 Å². The highest BCUT2D eigenvalue weighted by atomic mass is 15.0. The molecule has 2 heterocycles. The van der Waals surface area contributed by atoms with E-state index in [1.54, 1.807) is 12.4 Å². The van der Waals surface area contributed by atoms with Crippen molar-refractivity contribution in [3.05, 3.63) is 67.0 Å². The third-order valence-corrected chi connectivity index (χ3v) is 2.92. The van der Waals surface area contributed by atoms with Crippen LogP contribution in [0, 0.1) is 0 Å². The van der Waals surface area contributed by atoms with Gasteiger partial charge in [0.25, 0.3) is 0 Å². The molecule has 4 heteroatoms. The normalized spacial score (nSPS) is 10.2. The van der Waals surface area contributed by atoms with Crippen molar-refractivity contribution in [1.82, 2.24) is 9.97 Å². The Morgan fingerprint density at radius 1 is 0.850 bits per heavy atom. The van der Waals surface area contributed by atoms with Crippen molar-refractivity contribution in [1.29, 1.82) is 0 Å². The molecule has 0 atom stereocenters. The summed E-state index contributed by atoms with van der Waals surface area (Å²) in [5.74, 6) is 0.658. The van der Waals surface area contributed by atoms with Gasteiger partial charge in [0, 0.05) is 23.6 Å². The Hall–Kier alpha value is -2.88. The molecule has 0 bridgehead atoms. The summed E-state index contributed by atoms with van der Waals surface area (Å²) in [6, 6.07) is 17.5. The number of nitrogens with one attached hydrogen (secondary N) is 1. The number of pyridine rings is 2. The number of nitrogen functional groups attached to an aromatic ring is 1. The predicted molar refractivity (Wildman–Crippen MR) is 81.6 cm³/mol. The molecule has 0 spiro atoms. The van der Waals surface area contributed by atoms with Gasteiger partial charge in [0.15, 0.2) is 5.82 Å². The number of nitrogens with zero attached hydrogens (tertiary/aromatic N) is 2. The van der Waals surface area contributed by atoms with Crippen LogP contribution in [0.1, 0.15) is 0 Å². The third kappa shape index (κ3) is 2.59. The van der Waals surface area contributed by atoms with Gasteiger partial charge in [0.2, 0.25) is 0 Å². The van der Waals surface area contributed by atoms with Crippen LogP contribution in [0.4, 0.5) is 17.2 Å². The highest BCUT2D eigenvalue weighted by molar-refractivity contribution is 5.72. The number of hydrogen-bond donors (Lipinski definition) is 2. The van der Waals surface area contributed by atoms with E-state index in [0.717, 1.165) is 16.9 Å².